The van der Waals surface area contributed by atoms with Crippen molar-refractivity contribution >= 4 is 5.91 Å². The third-order valence-electron chi connectivity index (χ3n) is 3.70. The largest absolute Gasteiger partial charge is 0.472 e. The molecule has 0 aromatic carbocycles. The average molecular weight is 340 g/mol. The van der Waals surface area contributed by atoms with Gasteiger partial charge >= 0.3 is 6.18 Å². The number of carbonyl (C=O) groups excluding carboxylic acids is 1. The standard InChI is InChI=1S/C15H15F3N4O2/c16-15(17,18)11-2-5-19-13(8-11)24-12-3-7-21(9-12)14(23)10-22-6-1-4-20-22/h1-2,4-6,8,12H,3,7,9-10H2/t12-/m0/s1. The molecule has 1 saturated heterocycles. The van der Waals surface area contributed by atoms with Crippen molar-refractivity contribution in [1.82, 2.24) is 19.7 Å². The molecule has 1 aliphatic heterocycles. The summed E-state index contributed by atoms with van der Waals surface area (Å²) in [5.41, 5.74) is -0.808. The van der Waals surface area contributed by atoms with Gasteiger partial charge in [-0.25, -0.2) is 4.98 Å². The molecule has 0 aliphatic carbocycles. The zero-order valence-electron chi connectivity index (χ0n) is 12.6. The summed E-state index contributed by atoms with van der Waals surface area (Å²) < 4.78 is 45.1. The highest BCUT2D eigenvalue weighted by atomic mass is 19.4. The Balaban J connectivity index is 1.57. The first-order valence-electron chi connectivity index (χ1n) is 7.37. The van der Waals surface area contributed by atoms with Crippen molar-refractivity contribution in [2.75, 3.05) is 13.1 Å². The molecule has 0 spiro atoms. The van der Waals surface area contributed by atoms with Gasteiger partial charge in [0.2, 0.25) is 11.8 Å². The van der Waals surface area contributed by atoms with E-state index in [0.717, 1.165) is 18.3 Å². The van der Waals surface area contributed by atoms with Crippen molar-refractivity contribution in [1.29, 1.82) is 0 Å². The molecular formula is C15H15F3N4O2. The monoisotopic (exact) mass is 340 g/mol. The summed E-state index contributed by atoms with van der Waals surface area (Å²) in [6.45, 7) is 0.934. The van der Waals surface area contributed by atoms with Crippen molar-refractivity contribution in [3.63, 3.8) is 0 Å². The van der Waals surface area contributed by atoms with Crippen LogP contribution in [0.25, 0.3) is 0 Å². The number of rotatable bonds is 4. The van der Waals surface area contributed by atoms with Crippen LogP contribution in [0.15, 0.2) is 36.8 Å². The third-order valence-corrected chi connectivity index (χ3v) is 3.70. The SMILES string of the molecule is O=C(Cn1cccn1)N1CC[C@H](Oc2cc(C(F)(F)F)ccn2)C1. The topological polar surface area (TPSA) is 60.2 Å². The lowest BCUT2D eigenvalue weighted by Gasteiger charge is -2.17. The molecule has 3 heterocycles. The molecule has 6 nitrogen and oxygen atoms in total. The highest BCUT2D eigenvalue weighted by molar-refractivity contribution is 5.76. The molecular weight excluding hydrogens is 325 g/mol. The van der Waals surface area contributed by atoms with Crippen molar-refractivity contribution in [3.8, 4) is 5.88 Å². The van der Waals surface area contributed by atoms with Gasteiger partial charge in [-0.3, -0.25) is 9.48 Å². The van der Waals surface area contributed by atoms with Crippen LogP contribution in [0.2, 0.25) is 0 Å². The van der Waals surface area contributed by atoms with Crippen molar-refractivity contribution in [2.24, 2.45) is 0 Å². The molecule has 1 atom stereocenters. The number of hydrogen-bond donors (Lipinski definition) is 0. The van der Waals surface area contributed by atoms with Crippen molar-refractivity contribution < 1.29 is 22.7 Å². The first-order chi connectivity index (χ1) is 11.4. The van der Waals surface area contributed by atoms with Crippen molar-refractivity contribution in [2.45, 2.75) is 25.2 Å². The zero-order chi connectivity index (χ0) is 17.2. The van der Waals surface area contributed by atoms with Crippen LogP contribution in [0, 0.1) is 0 Å². The zero-order valence-corrected chi connectivity index (χ0v) is 12.6. The summed E-state index contributed by atoms with van der Waals surface area (Å²) in [6.07, 6.45) is 0.0678. The minimum atomic E-state index is -4.44. The van der Waals surface area contributed by atoms with E-state index < -0.39 is 11.7 Å². The minimum absolute atomic E-state index is 0.0869. The van der Waals surface area contributed by atoms with E-state index in [9.17, 15) is 18.0 Å². The van der Waals surface area contributed by atoms with Gasteiger partial charge in [0.25, 0.3) is 0 Å². The Hall–Kier alpha value is -2.58. The van der Waals surface area contributed by atoms with Gasteiger partial charge < -0.3 is 9.64 Å². The van der Waals surface area contributed by atoms with E-state index >= 15 is 0 Å². The quantitative estimate of drug-likeness (QED) is 0.854. The molecule has 24 heavy (non-hydrogen) atoms. The number of hydrogen-bond acceptors (Lipinski definition) is 4. The van der Waals surface area contributed by atoms with Gasteiger partial charge in [0.15, 0.2) is 0 Å². The highest BCUT2D eigenvalue weighted by Crippen LogP contribution is 2.31. The molecule has 2 aromatic heterocycles. The van der Waals surface area contributed by atoms with Gasteiger partial charge in [-0.2, -0.15) is 18.3 Å². The summed E-state index contributed by atoms with van der Waals surface area (Å²) in [7, 11) is 0. The lowest BCUT2D eigenvalue weighted by atomic mass is 10.2. The van der Waals surface area contributed by atoms with Crippen LogP contribution in [-0.4, -0.2) is 44.8 Å². The smallest absolute Gasteiger partial charge is 0.416 e. The van der Waals surface area contributed by atoms with Crippen LogP contribution >= 0.6 is 0 Å². The minimum Gasteiger partial charge on any atom is -0.472 e. The van der Waals surface area contributed by atoms with E-state index in [1.54, 1.807) is 23.4 Å². The summed E-state index contributed by atoms with van der Waals surface area (Å²) in [5, 5.41) is 3.97. The first kappa shape index (κ1) is 16.3. The number of likely N-dealkylation sites (tertiary alicyclic amines) is 1. The Bertz CT molecular complexity index is 703. The van der Waals surface area contributed by atoms with E-state index in [1.807, 2.05) is 0 Å². The molecule has 0 N–H and O–H groups in total. The maximum absolute atomic E-state index is 12.7. The lowest BCUT2D eigenvalue weighted by molar-refractivity contribution is -0.137. The number of halogens is 3. The second-order valence-electron chi connectivity index (χ2n) is 5.45. The molecule has 3 rings (SSSR count). The fourth-order valence-electron chi connectivity index (χ4n) is 2.50. The number of aromatic nitrogens is 3. The van der Waals surface area contributed by atoms with E-state index in [0.29, 0.717) is 19.5 Å². The van der Waals surface area contributed by atoms with Crippen LogP contribution in [0.3, 0.4) is 0 Å². The van der Waals surface area contributed by atoms with Crippen LogP contribution in [0.5, 0.6) is 5.88 Å². The Morgan fingerprint density at radius 2 is 2.21 bits per heavy atom. The first-order valence-corrected chi connectivity index (χ1v) is 7.37. The highest BCUT2D eigenvalue weighted by Gasteiger charge is 2.32. The molecule has 2 aromatic rings. The third kappa shape index (κ3) is 3.84. The number of pyridine rings is 1. The number of nitrogens with zero attached hydrogens (tertiary/aromatic N) is 4. The van der Waals surface area contributed by atoms with Gasteiger partial charge in [-0.1, -0.05) is 0 Å². The van der Waals surface area contributed by atoms with Crippen molar-refractivity contribution in [3.05, 3.63) is 42.4 Å². The van der Waals surface area contributed by atoms with Gasteiger partial charge in [-0.05, 0) is 12.1 Å². The number of ether oxygens (including phenoxy) is 1. The molecule has 0 unspecified atom stereocenters. The van der Waals surface area contributed by atoms with E-state index in [4.69, 9.17) is 4.74 Å². The van der Waals surface area contributed by atoms with Gasteiger partial charge in [0.05, 0.1) is 12.1 Å². The molecule has 9 heteroatoms. The molecule has 0 saturated carbocycles. The Labute approximate surface area is 135 Å². The maximum atomic E-state index is 12.7. The fourth-order valence-corrected chi connectivity index (χ4v) is 2.50. The Kier molecular flexibility index (Phi) is 4.41. The number of amides is 1. The normalized spacial score (nSPS) is 18.0. The van der Waals surface area contributed by atoms with E-state index in [2.05, 4.69) is 10.1 Å². The predicted octanol–water partition coefficient (Wildman–Crippen LogP) is 1.98. The second-order valence-corrected chi connectivity index (χ2v) is 5.45. The summed E-state index contributed by atoms with van der Waals surface area (Å²) in [5.74, 6) is -0.196. The average Bonchev–Trinajstić information content (AvgIpc) is 3.18. The van der Waals surface area contributed by atoms with E-state index in [1.165, 1.54) is 4.68 Å². The molecule has 1 amide bonds. The van der Waals surface area contributed by atoms with Crippen LogP contribution in [0.4, 0.5) is 13.2 Å². The van der Waals surface area contributed by atoms with Crippen LogP contribution < -0.4 is 4.74 Å². The fraction of sp³-hybridized carbons (Fsp3) is 0.400. The lowest BCUT2D eigenvalue weighted by Crippen LogP contribution is -2.33. The molecule has 128 valence electrons. The maximum Gasteiger partial charge on any atom is 0.416 e. The van der Waals surface area contributed by atoms with E-state index in [-0.39, 0.29) is 24.4 Å². The van der Waals surface area contributed by atoms with Gasteiger partial charge in [0.1, 0.15) is 12.6 Å². The van der Waals surface area contributed by atoms with Gasteiger partial charge in [-0.15, -0.1) is 0 Å². The Morgan fingerprint density at radius 1 is 1.38 bits per heavy atom. The molecule has 0 bridgehead atoms. The molecule has 0 radical (unpaired) electrons. The summed E-state index contributed by atoms with van der Waals surface area (Å²) in [4.78, 5) is 17.6. The number of alkyl halides is 3. The predicted molar refractivity (Wildman–Crippen MR) is 77.1 cm³/mol. The summed E-state index contributed by atoms with van der Waals surface area (Å²) in [6, 6.07) is 3.48. The molecule has 1 aliphatic rings. The van der Waals surface area contributed by atoms with Crippen LogP contribution in [0.1, 0.15) is 12.0 Å². The summed E-state index contributed by atoms with van der Waals surface area (Å²) >= 11 is 0. The molecule has 1 fully saturated rings. The number of carbonyl (C=O) groups is 1. The van der Waals surface area contributed by atoms with Crippen LogP contribution in [-0.2, 0) is 17.5 Å². The Morgan fingerprint density at radius 3 is 2.92 bits per heavy atom. The second kappa shape index (κ2) is 6.50. The van der Waals surface area contributed by atoms with Gasteiger partial charge in [0, 0.05) is 37.6 Å².